The second kappa shape index (κ2) is 14.3. The van der Waals surface area contributed by atoms with Gasteiger partial charge in [-0.05, 0) is 93.6 Å². The van der Waals surface area contributed by atoms with E-state index in [1.54, 1.807) is 32.8 Å². The second-order valence-electron chi connectivity index (χ2n) is 13.7. The maximum absolute atomic E-state index is 16.6. The molecule has 13 heteroatoms. The molecule has 1 aliphatic carbocycles. The van der Waals surface area contributed by atoms with E-state index < -0.39 is 76.1 Å². The molecule has 2 atom stereocenters. The number of terminal acetylenes is 1. The first kappa shape index (κ1) is 38.2. The lowest BCUT2D eigenvalue weighted by molar-refractivity contribution is -0.139. The number of pyridine rings is 1. The predicted octanol–water partition coefficient (Wildman–Crippen LogP) is 7.06. The average Bonchev–Trinajstić information content (AvgIpc) is 3.74. The molecule has 1 aliphatic rings. The summed E-state index contributed by atoms with van der Waals surface area (Å²) in [7, 11) is 3.42. The van der Waals surface area contributed by atoms with Crippen molar-refractivity contribution in [2.45, 2.75) is 77.1 Å². The van der Waals surface area contributed by atoms with Gasteiger partial charge in [0.15, 0.2) is 0 Å². The molecule has 0 radical (unpaired) electrons. The molecule has 1 saturated carbocycles. The van der Waals surface area contributed by atoms with Gasteiger partial charge in [0.25, 0.3) is 5.56 Å². The number of alkyl halides is 3. The highest BCUT2D eigenvalue weighted by Crippen LogP contribution is 2.52. The van der Waals surface area contributed by atoms with E-state index in [2.05, 4.69) is 11.2 Å². The lowest BCUT2D eigenvalue weighted by atomic mass is 9.88. The maximum Gasteiger partial charge on any atom is 0.416 e. The third kappa shape index (κ3) is 7.91. The van der Waals surface area contributed by atoms with Crippen LogP contribution in [0, 0.1) is 49.6 Å². The summed E-state index contributed by atoms with van der Waals surface area (Å²) in [6.07, 6.45) is 1.50. The van der Waals surface area contributed by atoms with Crippen LogP contribution in [0.4, 0.5) is 26.3 Å². The number of aromatic nitrogens is 1. The van der Waals surface area contributed by atoms with Gasteiger partial charge in [-0.25, -0.2) is 13.2 Å². The molecule has 1 amide bonds. The normalized spacial score (nSPS) is 15.1. The Kier molecular flexibility index (Phi) is 11.0. The molecule has 2 unspecified atom stereocenters. The van der Waals surface area contributed by atoms with Crippen LogP contribution in [0.3, 0.4) is 0 Å². The summed E-state index contributed by atoms with van der Waals surface area (Å²) in [5.41, 5.74) is -4.05. The fraction of sp³-hybridized carbons (Fsp3) is 0.432. The second-order valence-corrected chi connectivity index (χ2v) is 13.7. The van der Waals surface area contributed by atoms with Crippen molar-refractivity contribution in [2.75, 3.05) is 20.6 Å². The Balaban J connectivity index is 1.89. The van der Waals surface area contributed by atoms with Crippen molar-refractivity contribution in [3.8, 4) is 23.5 Å². The van der Waals surface area contributed by atoms with E-state index in [0.29, 0.717) is 18.9 Å². The van der Waals surface area contributed by atoms with Gasteiger partial charge in [-0.15, -0.1) is 6.42 Å². The smallest absolute Gasteiger partial charge is 0.416 e. The van der Waals surface area contributed by atoms with Crippen LogP contribution in [0.15, 0.2) is 35.3 Å². The third-order valence-corrected chi connectivity index (χ3v) is 8.96. The van der Waals surface area contributed by atoms with Crippen molar-refractivity contribution in [1.82, 2.24) is 14.8 Å². The number of hydrogen-bond donors (Lipinski definition) is 2. The van der Waals surface area contributed by atoms with Gasteiger partial charge in [0.05, 0.1) is 18.0 Å². The average molecular weight is 704 g/mol. The van der Waals surface area contributed by atoms with Crippen LogP contribution in [-0.2, 0) is 21.2 Å². The van der Waals surface area contributed by atoms with Crippen LogP contribution in [0.1, 0.15) is 85.0 Å². The molecule has 1 heterocycles. The fourth-order valence-corrected chi connectivity index (χ4v) is 6.80. The lowest BCUT2D eigenvalue weighted by Gasteiger charge is -2.29. The molecule has 0 bridgehead atoms. The number of aryl methyl sites for hydroxylation is 2. The number of likely N-dealkylation sites (N-methyl/N-ethyl adjacent to an activating group) is 1. The van der Waals surface area contributed by atoms with Gasteiger partial charge in [0.2, 0.25) is 5.91 Å². The fourth-order valence-electron chi connectivity index (χ4n) is 6.80. The molecule has 4 rings (SSSR count). The van der Waals surface area contributed by atoms with E-state index in [4.69, 9.17) is 6.42 Å². The summed E-state index contributed by atoms with van der Waals surface area (Å²) in [5, 5.41) is 12.1. The Morgan fingerprint density at radius 3 is 2.14 bits per heavy atom. The Hall–Kier alpha value is -4.57. The molecule has 0 spiro atoms. The minimum absolute atomic E-state index is 0.0861. The molecule has 268 valence electrons. The Labute approximate surface area is 286 Å². The number of carbonyl (C=O) groups is 2. The van der Waals surface area contributed by atoms with Gasteiger partial charge in [0, 0.05) is 40.9 Å². The van der Waals surface area contributed by atoms with Gasteiger partial charge in [0.1, 0.15) is 23.5 Å². The van der Waals surface area contributed by atoms with E-state index in [1.807, 2.05) is 0 Å². The van der Waals surface area contributed by atoms with Crippen LogP contribution in [0.5, 0.6) is 0 Å². The quantitative estimate of drug-likeness (QED) is 0.156. The molecular weight excluding hydrogens is 664 g/mol. The highest BCUT2D eigenvalue weighted by molar-refractivity contribution is 5.83. The van der Waals surface area contributed by atoms with Crippen LogP contribution < -0.4 is 10.9 Å². The zero-order valence-corrected chi connectivity index (χ0v) is 28.6. The van der Waals surface area contributed by atoms with Gasteiger partial charge in [-0.1, -0.05) is 19.8 Å². The first-order chi connectivity index (χ1) is 23.2. The molecule has 0 saturated heterocycles. The molecule has 2 aromatic carbocycles. The predicted molar refractivity (Wildman–Crippen MR) is 176 cm³/mol. The highest BCUT2D eigenvalue weighted by Gasteiger charge is 2.50. The van der Waals surface area contributed by atoms with Crippen LogP contribution in [-0.4, -0.2) is 47.1 Å². The van der Waals surface area contributed by atoms with Crippen molar-refractivity contribution in [1.29, 1.82) is 0 Å². The van der Waals surface area contributed by atoms with Crippen molar-refractivity contribution < 1.29 is 41.0 Å². The third-order valence-electron chi connectivity index (χ3n) is 8.96. The summed E-state index contributed by atoms with van der Waals surface area (Å²) >= 11 is 0. The SMILES string of the molecule is C#Cc1cc(F)c(C(CC(=O)O)NC(=O)C(CC(C)C)n2cc(C3(CN(C)C)CC3)c(C(F)(F)F)cc2=O)c(F)c1-c1c(C)cc(F)cc1C. The zero-order valence-electron chi connectivity index (χ0n) is 28.6. The number of nitrogens with zero attached hydrogens (tertiary/aromatic N) is 2. The summed E-state index contributed by atoms with van der Waals surface area (Å²) < 4.78 is 90.2. The number of rotatable bonds is 12. The summed E-state index contributed by atoms with van der Waals surface area (Å²) in [4.78, 5) is 41.2. The molecule has 2 N–H and O–H groups in total. The van der Waals surface area contributed by atoms with E-state index in [0.717, 1.165) is 29.0 Å². The number of carboxylic acid groups (broad SMARTS) is 1. The zero-order chi connectivity index (χ0) is 37.5. The van der Waals surface area contributed by atoms with Gasteiger partial charge < -0.3 is 19.9 Å². The highest BCUT2D eigenvalue weighted by atomic mass is 19.4. The van der Waals surface area contributed by atoms with E-state index in [9.17, 15) is 37.1 Å². The minimum Gasteiger partial charge on any atom is -0.481 e. The molecule has 7 nitrogen and oxygen atoms in total. The summed E-state index contributed by atoms with van der Waals surface area (Å²) in [5.74, 6) is -3.84. The number of hydrogen-bond acceptors (Lipinski definition) is 4. The van der Waals surface area contributed by atoms with Crippen molar-refractivity contribution in [3.05, 3.63) is 91.6 Å². The van der Waals surface area contributed by atoms with Crippen molar-refractivity contribution >= 4 is 11.9 Å². The number of carbonyl (C=O) groups excluding carboxylic acids is 1. The largest absolute Gasteiger partial charge is 0.481 e. The van der Waals surface area contributed by atoms with Gasteiger partial charge in [-0.2, -0.15) is 13.2 Å². The Bertz CT molecular complexity index is 1900. The maximum atomic E-state index is 16.6. The molecule has 0 aliphatic heterocycles. The van der Waals surface area contributed by atoms with E-state index in [1.165, 1.54) is 13.8 Å². The molecule has 1 fully saturated rings. The van der Waals surface area contributed by atoms with E-state index >= 15 is 8.78 Å². The number of nitrogens with one attached hydrogen (secondary N) is 1. The van der Waals surface area contributed by atoms with E-state index in [-0.39, 0.29) is 52.3 Å². The molecular formula is C37H39F6N3O4. The summed E-state index contributed by atoms with van der Waals surface area (Å²) in [6, 6.07) is 0.186. The molecule has 3 aromatic rings. The number of aliphatic carboxylic acids is 1. The minimum atomic E-state index is -4.86. The Morgan fingerprint density at radius 1 is 1.06 bits per heavy atom. The van der Waals surface area contributed by atoms with Crippen LogP contribution in [0.25, 0.3) is 11.1 Å². The lowest BCUT2D eigenvalue weighted by Crippen LogP contribution is -2.41. The van der Waals surface area contributed by atoms with Crippen molar-refractivity contribution in [3.63, 3.8) is 0 Å². The number of carboxylic acids is 1. The van der Waals surface area contributed by atoms with Gasteiger partial charge in [-0.3, -0.25) is 14.4 Å². The first-order valence-corrected chi connectivity index (χ1v) is 16.0. The van der Waals surface area contributed by atoms with Gasteiger partial charge >= 0.3 is 12.1 Å². The monoisotopic (exact) mass is 703 g/mol. The molecule has 50 heavy (non-hydrogen) atoms. The topological polar surface area (TPSA) is 91.6 Å². The van der Waals surface area contributed by atoms with Crippen LogP contribution >= 0.6 is 0 Å². The standard InChI is InChI=1S/C37H39F6N3O4/c1-8-22-14-26(39)33(34(40)32(22)31-20(4)12-23(38)13-21(31)5)27(16-30(48)49)44-35(50)28(11-19(2)3)46-17-25(36(9-10-36)18-45(6)7)24(15-29(46)47)37(41,42)43/h1,12-15,17,19,27-28H,9-11,16,18H2,2-7H3,(H,44,50)(H,48,49). The summed E-state index contributed by atoms with van der Waals surface area (Å²) in [6.45, 7) is 6.63. The van der Waals surface area contributed by atoms with Crippen molar-refractivity contribution in [2.24, 2.45) is 5.92 Å². The Morgan fingerprint density at radius 2 is 1.66 bits per heavy atom. The first-order valence-electron chi connectivity index (χ1n) is 16.0. The number of halogens is 6. The number of benzene rings is 2. The van der Waals surface area contributed by atoms with Crippen LogP contribution in [0.2, 0.25) is 0 Å². The molecule has 1 aromatic heterocycles. The number of amides is 1.